The number of aromatic amines is 1. The fourth-order valence-electron chi connectivity index (χ4n) is 6.75. The number of hydrogen-bond donors (Lipinski definition) is 3. The van der Waals surface area contributed by atoms with E-state index in [0.29, 0.717) is 39.7 Å². The lowest BCUT2D eigenvalue weighted by molar-refractivity contribution is 0.145. The standard InChI is InChI=1S/C32H35FN6O2/c33-25-16-20-4-6-29(39-12-2-1-3-13-39)23(20)17-24(25)27-18-28(31-26(36-27)8-11-34-32(31)41)37-30-7-5-21(19-35-30)38-14-9-22(40)10-15-38/h5,7-8,11,16-19,22,29,40H,1-4,6,9-10,12-15H2,(H,34,41)(H,35,36,37). The number of halogens is 1. The van der Waals surface area contributed by atoms with E-state index in [1.807, 2.05) is 18.2 Å². The first-order valence-corrected chi connectivity index (χ1v) is 14.8. The van der Waals surface area contributed by atoms with Crippen LogP contribution in [-0.2, 0) is 6.42 Å². The predicted octanol–water partition coefficient (Wildman–Crippen LogP) is 5.30. The Morgan fingerprint density at radius 3 is 2.61 bits per heavy atom. The van der Waals surface area contributed by atoms with Crippen molar-refractivity contribution in [2.24, 2.45) is 0 Å². The highest BCUT2D eigenvalue weighted by atomic mass is 19.1. The van der Waals surface area contributed by atoms with Gasteiger partial charge in [-0.3, -0.25) is 9.69 Å². The van der Waals surface area contributed by atoms with E-state index in [1.165, 1.54) is 24.8 Å². The lowest BCUT2D eigenvalue weighted by Crippen LogP contribution is -2.35. The molecule has 1 atom stereocenters. The Kier molecular flexibility index (Phi) is 6.92. The molecule has 3 aromatic heterocycles. The number of pyridine rings is 3. The van der Waals surface area contributed by atoms with E-state index in [1.54, 1.807) is 30.6 Å². The van der Waals surface area contributed by atoms with Gasteiger partial charge >= 0.3 is 0 Å². The van der Waals surface area contributed by atoms with Crippen LogP contribution >= 0.6 is 0 Å². The number of hydrogen-bond acceptors (Lipinski definition) is 7. The second kappa shape index (κ2) is 10.9. The lowest BCUT2D eigenvalue weighted by Gasteiger charge is -2.33. The van der Waals surface area contributed by atoms with Crippen LogP contribution in [0.1, 0.15) is 55.7 Å². The Bertz CT molecular complexity index is 1620. The molecule has 41 heavy (non-hydrogen) atoms. The molecule has 2 saturated heterocycles. The van der Waals surface area contributed by atoms with E-state index in [0.717, 1.165) is 63.1 Å². The quantitative estimate of drug-likeness (QED) is 0.308. The molecule has 9 heteroatoms. The molecule has 3 aliphatic rings. The highest BCUT2D eigenvalue weighted by Gasteiger charge is 2.30. The summed E-state index contributed by atoms with van der Waals surface area (Å²) in [6.45, 7) is 3.75. The highest BCUT2D eigenvalue weighted by Crippen LogP contribution is 2.41. The zero-order valence-electron chi connectivity index (χ0n) is 23.1. The first-order chi connectivity index (χ1) is 20.0. The average Bonchev–Trinajstić information content (AvgIpc) is 3.40. The SMILES string of the molecule is O=c1[nH]ccc2nc(-c3cc4c(cc3F)CCC4N3CCCCC3)cc(Nc3ccc(N4CCC(O)CC4)cn3)c12. The fourth-order valence-corrected chi connectivity index (χ4v) is 6.75. The molecular formula is C32H35FN6O2. The van der Waals surface area contributed by atoms with Gasteiger partial charge < -0.3 is 20.3 Å². The molecule has 3 N–H and O–H groups in total. The third-order valence-electron chi connectivity index (χ3n) is 8.95. The van der Waals surface area contributed by atoms with Crippen molar-refractivity contribution in [1.82, 2.24) is 19.9 Å². The molecule has 0 radical (unpaired) electrons. The van der Waals surface area contributed by atoms with Gasteiger partial charge in [0.25, 0.3) is 5.56 Å². The number of fused-ring (bicyclic) bond motifs is 2. The van der Waals surface area contributed by atoms with E-state index >= 15 is 4.39 Å². The molecule has 0 amide bonds. The molecular weight excluding hydrogens is 519 g/mol. The first-order valence-electron chi connectivity index (χ1n) is 14.8. The Balaban J connectivity index is 1.24. The molecule has 2 aliphatic heterocycles. The van der Waals surface area contributed by atoms with Gasteiger partial charge in [-0.1, -0.05) is 6.42 Å². The van der Waals surface area contributed by atoms with Crippen LogP contribution in [0, 0.1) is 5.82 Å². The van der Waals surface area contributed by atoms with Gasteiger partial charge in [0.2, 0.25) is 0 Å². The molecule has 0 saturated carbocycles. The zero-order chi connectivity index (χ0) is 27.9. The zero-order valence-corrected chi connectivity index (χ0v) is 23.1. The van der Waals surface area contributed by atoms with Crippen molar-refractivity contribution in [2.75, 3.05) is 36.4 Å². The molecule has 7 rings (SSSR count). The van der Waals surface area contributed by atoms with Gasteiger partial charge in [0.15, 0.2) is 0 Å². The third-order valence-corrected chi connectivity index (χ3v) is 8.95. The topological polar surface area (TPSA) is 97.4 Å². The minimum absolute atomic E-state index is 0.237. The molecule has 0 spiro atoms. The summed E-state index contributed by atoms with van der Waals surface area (Å²) in [6, 6.07) is 11.4. The molecule has 212 valence electrons. The number of nitrogens with zero attached hydrogens (tertiary/aromatic N) is 4. The van der Waals surface area contributed by atoms with Gasteiger partial charge in [-0.15, -0.1) is 0 Å². The summed E-state index contributed by atoms with van der Waals surface area (Å²) in [5.41, 5.74) is 4.96. The Hall–Kier alpha value is -3.82. The predicted molar refractivity (Wildman–Crippen MR) is 159 cm³/mol. The summed E-state index contributed by atoms with van der Waals surface area (Å²) in [6.07, 6.45) is 10.2. The first kappa shape index (κ1) is 26.1. The van der Waals surface area contributed by atoms with E-state index in [4.69, 9.17) is 4.98 Å². The average molecular weight is 555 g/mol. The summed E-state index contributed by atoms with van der Waals surface area (Å²) in [5.74, 6) is 0.284. The maximum Gasteiger partial charge on any atom is 0.259 e. The summed E-state index contributed by atoms with van der Waals surface area (Å²) in [7, 11) is 0. The van der Waals surface area contributed by atoms with Gasteiger partial charge in [0, 0.05) is 30.9 Å². The van der Waals surface area contributed by atoms with Crippen LogP contribution in [0.25, 0.3) is 22.2 Å². The number of nitrogens with one attached hydrogen (secondary N) is 2. The van der Waals surface area contributed by atoms with E-state index in [-0.39, 0.29) is 17.5 Å². The summed E-state index contributed by atoms with van der Waals surface area (Å²) in [4.78, 5) is 29.8. The fraction of sp³-hybridized carbons (Fsp3) is 0.406. The van der Waals surface area contributed by atoms with Crippen LogP contribution in [0.4, 0.5) is 21.6 Å². The Morgan fingerprint density at radius 1 is 1.00 bits per heavy atom. The van der Waals surface area contributed by atoms with Gasteiger partial charge in [0.1, 0.15) is 11.6 Å². The van der Waals surface area contributed by atoms with Crippen molar-refractivity contribution in [3.63, 3.8) is 0 Å². The number of aliphatic hydroxyl groups excluding tert-OH is 1. The van der Waals surface area contributed by atoms with Crippen molar-refractivity contribution in [1.29, 1.82) is 0 Å². The van der Waals surface area contributed by atoms with E-state index in [2.05, 4.69) is 25.1 Å². The lowest BCUT2D eigenvalue weighted by atomic mass is 9.98. The normalized spacial score (nSPS) is 20.0. The number of piperidine rings is 2. The van der Waals surface area contributed by atoms with Crippen molar-refractivity contribution in [3.05, 3.63) is 76.1 Å². The maximum atomic E-state index is 15.6. The second-order valence-electron chi connectivity index (χ2n) is 11.5. The van der Waals surface area contributed by atoms with Crippen molar-refractivity contribution >= 4 is 28.1 Å². The van der Waals surface area contributed by atoms with Crippen molar-refractivity contribution in [3.8, 4) is 11.3 Å². The Morgan fingerprint density at radius 2 is 1.83 bits per heavy atom. The number of rotatable bonds is 5. The number of likely N-dealkylation sites (tertiary alicyclic amines) is 1. The highest BCUT2D eigenvalue weighted by molar-refractivity contribution is 5.94. The van der Waals surface area contributed by atoms with E-state index in [9.17, 15) is 9.90 Å². The molecule has 8 nitrogen and oxygen atoms in total. The van der Waals surface area contributed by atoms with Crippen LogP contribution in [0.15, 0.2) is 53.6 Å². The maximum absolute atomic E-state index is 15.6. The summed E-state index contributed by atoms with van der Waals surface area (Å²) >= 11 is 0. The van der Waals surface area contributed by atoms with E-state index < -0.39 is 0 Å². The van der Waals surface area contributed by atoms with Gasteiger partial charge in [-0.05, 0) is 99.1 Å². The number of aryl methyl sites for hydroxylation is 1. The van der Waals surface area contributed by atoms with Crippen LogP contribution in [0.3, 0.4) is 0 Å². The second-order valence-corrected chi connectivity index (χ2v) is 11.5. The number of aliphatic hydroxyl groups is 1. The van der Waals surface area contributed by atoms with Gasteiger partial charge in [-0.2, -0.15) is 0 Å². The Labute approximate surface area is 238 Å². The summed E-state index contributed by atoms with van der Waals surface area (Å²) < 4.78 is 15.6. The monoisotopic (exact) mass is 554 g/mol. The third kappa shape index (κ3) is 5.08. The number of H-pyrrole nitrogens is 1. The minimum Gasteiger partial charge on any atom is -0.393 e. The molecule has 5 heterocycles. The summed E-state index contributed by atoms with van der Waals surface area (Å²) in [5, 5.41) is 13.5. The van der Waals surface area contributed by atoms with Crippen LogP contribution in [0.2, 0.25) is 0 Å². The largest absolute Gasteiger partial charge is 0.393 e. The molecule has 1 aromatic carbocycles. The molecule has 1 unspecified atom stereocenters. The van der Waals surface area contributed by atoms with Gasteiger partial charge in [0.05, 0.1) is 40.3 Å². The number of benzene rings is 1. The minimum atomic E-state index is -0.292. The van der Waals surface area contributed by atoms with Gasteiger partial charge in [-0.25, -0.2) is 14.4 Å². The van der Waals surface area contributed by atoms with Crippen molar-refractivity contribution in [2.45, 2.75) is 57.1 Å². The number of anilines is 3. The molecule has 1 aliphatic carbocycles. The molecule has 4 aromatic rings. The van der Waals surface area contributed by atoms with Crippen LogP contribution in [-0.4, -0.2) is 57.2 Å². The van der Waals surface area contributed by atoms with Crippen LogP contribution < -0.4 is 15.8 Å². The molecule has 2 fully saturated rings. The van der Waals surface area contributed by atoms with Crippen LogP contribution in [0.5, 0.6) is 0 Å². The molecule has 0 bridgehead atoms. The smallest absolute Gasteiger partial charge is 0.259 e. The van der Waals surface area contributed by atoms with Crippen molar-refractivity contribution < 1.29 is 9.50 Å². The number of aromatic nitrogens is 3.